The second-order valence-corrected chi connectivity index (χ2v) is 6.31. The number of methoxy groups -OCH3 is 1. The molecule has 0 fully saturated rings. The van der Waals surface area contributed by atoms with Crippen LogP contribution in [0.4, 0.5) is 5.69 Å². The van der Waals surface area contributed by atoms with Gasteiger partial charge >= 0.3 is 5.97 Å². The van der Waals surface area contributed by atoms with Crippen molar-refractivity contribution < 1.29 is 23.6 Å². The van der Waals surface area contributed by atoms with Crippen molar-refractivity contribution >= 4 is 40.3 Å². The molecule has 11 heteroatoms. The molecule has 0 unspecified atom stereocenters. The summed E-state index contributed by atoms with van der Waals surface area (Å²) >= 11 is 5.96. The van der Waals surface area contributed by atoms with Gasteiger partial charge in [-0.25, -0.2) is 4.79 Å². The van der Waals surface area contributed by atoms with Crippen molar-refractivity contribution in [1.29, 1.82) is 0 Å². The van der Waals surface area contributed by atoms with Crippen LogP contribution in [0, 0.1) is 6.92 Å². The molecule has 0 atom stereocenters. The first-order chi connectivity index (χ1) is 13.8. The van der Waals surface area contributed by atoms with E-state index in [0.29, 0.717) is 16.5 Å². The molecule has 1 N–H and O–H groups in total. The van der Waals surface area contributed by atoms with E-state index < -0.39 is 17.4 Å². The maximum absolute atomic E-state index is 12.9. The van der Waals surface area contributed by atoms with Crippen molar-refractivity contribution in [2.24, 2.45) is 0 Å². The van der Waals surface area contributed by atoms with E-state index in [0.717, 1.165) is 4.57 Å². The zero-order chi connectivity index (χ0) is 21.1. The topological polar surface area (TPSA) is 126 Å². The lowest BCUT2D eigenvalue weighted by atomic mass is 10.2. The molecule has 10 nitrogen and oxygen atoms in total. The highest BCUT2D eigenvalue weighted by Crippen LogP contribution is 2.27. The number of nitrogens with one attached hydrogen (secondary N) is 1. The zero-order valence-electron chi connectivity index (χ0n) is 15.8. The summed E-state index contributed by atoms with van der Waals surface area (Å²) in [6, 6.07) is 4.74. The third kappa shape index (κ3) is 4.06. The quantitative estimate of drug-likeness (QED) is 0.601. The average molecular weight is 421 g/mol. The Morgan fingerprint density at radius 2 is 2.10 bits per heavy atom. The molecule has 0 saturated heterocycles. The highest BCUT2D eigenvalue weighted by atomic mass is 35.5. The predicted molar refractivity (Wildman–Crippen MR) is 103 cm³/mol. The van der Waals surface area contributed by atoms with Gasteiger partial charge in [0.2, 0.25) is 11.6 Å². The maximum atomic E-state index is 12.9. The number of amides is 1. The number of benzene rings is 1. The molecule has 0 aliphatic carbocycles. The summed E-state index contributed by atoms with van der Waals surface area (Å²) in [5.41, 5.74) is -0.694. The Hall–Kier alpha value is -3.40. The number of aryl methyl sites for hydroxylation is 1. The number of hydrogen-bond donors (Lipinski definition) is 1. The number of fused-ring (bicyclic) bond motifs is 1. The van der Waals surface area contributed by atoms with E-state index in [1.54, 1.807) is 19.1 Å². The summed E-state index contributed by atoms with van der Waals surface area (Å²) in [6.45, 7) is 2.89. The highest BCUT2D eigenvalue weighted by Gasteiger charge is 2.24. The molecule has 0 saturated carbocycles. The Morgan fingerprint density at radius 3 is 2.79 bits per heavy atom. The number of carbonyl (C=O) groups is 2. The van der Waals surface area contributed by atoms with Crippen LogP contribution in [-0.2, 0) is 16.1 Å². The molecule has 0 aliphatic heterocycles. The monoisotopic (exact) mass is 420 g/mol. The van der Waals surface area contributed by atoms with Crippen molar-refractivity contribution in [3.63, 3.8) is 0 Å². The smallest absolute Gasteiger partial charge is 0.361 e. The Balaban J connectivity index is 1.95. The van der Waals surface area contributed by atoms with Gasteiger partial charge in [-0.2, -0.15) is 4.98 Å². The first-order valence-corrected chi connectivity index (χ1v) is 8.90. The van der Waals surface area contributed by atoms with Gasteiger partial charge in [-0.3, -0.25) is 14.2 Å². The second-order valence-electron chi connectivity index (χ2n) is 5.87. The van der Waals surface area contributed by atoms with Crippen LogP contribution in [0.5, 0.6) is 5.75 Å². The molecule has 2 aromatic heterocycles. The predicted octanol–water partition coefficient (Wildman–Crippen LogP) is 2.17. The molecule has 152 valence electrons. The molecule has 0 radical (unpaired) electrons. The van der Waals surface area contributed by atoms with E-state index in [1.165, 1.54) is 20.1 Å². The molecule has 3 rings (SSSR count). The van der Waals surface area contributed by atoms with Gasteiger partial charge < -0.3 is 19.3 Å². The Kier molecular flexibility index (Phi) is 5.83. The molecular formula is C18H17ClN4O6. The zero-order valence-corrected chi connectivity index (χ0v) is 16.6. The van der Waals surface area contributed by atoms with Crippen LogP contribution in [0.3, 0.4) is 0 Å². The number of nitrogens with zero attached hydrogens (tertiary/aromatic N) is 3. The van der Waals surface area contributed by atoms with Crippen LogP contribution in [0.2, 0.25) is 5.02 Å². The fraction of sp³-hybridized carbons (Fsp3) is 0.278. The van der Waals surface area contributed by atoms with E-state index in [2.05, 4.69) is 15.5 Å². The van der Waals surface area contributed by atoms with Gasteiger partial charge in [0.25, 0.3) is 11.3 Å². The van der Waals surface area contributed by atoms with Crippen LogP contribution in [-0.4, -0.2) is 40.3 Å². The minimum absolute atomic E-state index is 0.102. The number of rotatable bonds is 6. The largest absolute Gasteiger partial charge is 0.495 e. The number of esters is 1. The number of anilines is 1. The standard InChI is InChI=1S/C18H17ClN4O6/c1-4-28-18(26)15-14-16(29-22-15)20-9(2)23(17(14)25)8-13(24)21-11-7-10(19)5-6-12(11)27-3/h5-7H,4,8H2,1-3H3,(H,21,24). The third-order valence-electron chi connectivity index (χ3n) is 3.99. The van der Waals surface area contributed by atoms with Crippen LogP contribution in [0.1, 0.15) is 23.2 Å². The van der Waals surface area contributed by atoms with Gasteiger partial charge in [0.05, 0.1) is 19.4 Å². The van der Waals surface area contributed by atoms with Gasteiger partial charge in [-0.1, -0.05) is 16.8 Å². The normalized spacial score (nSPS) is 10.8. The molecule has 2 heterocycles. The molecule has 0 aliphatic rings. The fourth-order valence-electron chi connectivity index (χ4n) is 2.68. The van der Waals surface area contributed by atoms with Gasteiger partial charge in [-0.15, -0.1) is 0 Å². The fourth-order valence-corrected chi connectivity index (χ4v) is 2.85. The number of ether oxygens (including phenoxy) is 2. The van der Waals surface area contributed by atoms with Gasteiger partial charge in [0, 0.05) is 5.02 Å². The Labute approximate surface area is 169 Å². The van der Waals surface area contributed by atoms with Crippen LogP contribution < -0.4 is 15.6 Å². The number of carbonyl (C=O) groups excluding carboxylic acids is 2. The lowest BCUT2D eigenvalue weighted by Crippen LogP contribution is -2.30. The van der Waals surface area contributed by atoms with E-state index in [4.69, 9.17) is 25.6 Å². The number of aromatic nitrogens is 3. The van der Waals surface area contributed by atoms with Crippen molar-refractivity contribution in [3.05, 3.63) is 45.1 Å². The summed E-state index contributed by atoms with van der Waals surface area (Å²) in [5.74, 6) is -0.717. The number of hydrogen-bond acceptors (Lipinski definition) is 8. The van der Waals surface area contributed by atoms with Crippen LogP contribution >= 0.6 is 11.6 Å². The Morgan fingerprint density at radius 1 is 1.34 bits per heavy atom. The molecule has 0 bridgehead atoms. The molecular weight excluding hydrogens is 404 g/mol. The van der Waals surface area contributed by atoms with Gasteiger partial charge in [0.1, 0.15) is 23.5 Å². The highest BCUT2D eigenvalue weighted by molar-refractivity contribution is 6.31. The molecule has 1 amide bonds. The maximum Gasteiger partial charge on any atom is 0.361 e. The summed E-state index contributed by atoms with van der Waals surface area (Å²) in [4.78, 5) is 41.5. The Bertz CT molecular complexity index is 1150. The van der Waals surface area contributed by atoms with Gasteiger partial charge in [-0.05, 0) is 32.0 Å². The lowest BCUT2D eigenvalue weighted by Gasteiger charge is -2.12. The average Bonchev–Trinajstić information content (AvgIpc) is 3.09. The van der Waals surface area contributed by atoms with E-state index in [1.807, 2.05) is 0 Å². The molecule has 29 heavy (non-hydrogen) atoms. The summed E-state index contributed by atoms with van der Waals surface area (Å²) in [7, 11) is 1.45. The minimum Gasteiger partial charge on any atom is -0.495 e. The molecule has 1 aromatic carbocycles. The summed E-state index contributed by atoms with van der Waals surface area (Å²) in [6.07, 6.45) is 0. The third-order valence-corrected chi connectivity index (χ3v) is 4.23. The minimum atomic E-state index is -0.811. The van der Waals surface area contributed by atoms with Crippen molar-refractivity contribution in [3.8, 4) is 5.75 Å². The van der Waals surface area contributed by atoms with Crippen LogP contribution in [0.15, 0.2) is 27.5 Å². The van der Waals surface area contributed by atoms with E-state index in [-0.39, 0.29) is 35.8 Å². The molecule has 0 spiro atoms. The van der Waals surface area contributed by atoms with Gasteiger partial charge in [0.15, 0.2) is 0 Å². The van der Waals surface area contributed by atoms with E-state index in [9.17, 15) is 14.4 Å². The van der Waals surface area contributed by atoms with Crippen molar-refractivity contribution in [1.82, 2.24) is 14.7 Å². The van der Waals surface area contributed by atoms with E-state index >= 15 is 0 Å². The molecule has 3 aromatic rings. The van der Waals surface area contributed by atoms with Crippen LogP contribution in [0.25, 0.3) is 11.1 Å². The second kappa shape index (κ2) is 8.31. The SMILES string of the molecule is CCOC(=O)c1noc2nc(C)n(CC(=O)Nc3cc(Cl)ccc3OC)c(=O)c12. The lowest BCUT2D eigenvalue weighted by molar-refractivity contribution is -0.116. The first kappa shape index (κ1) is 20.3. The van der Waals surface area contributed by atoms with Crippen molar-refractivity contribution in [2.75, 3.05) is 19.0 Å². The first-order valence-electron chi connectivity index (χ1n) is 8.53. The number of halogens is 1. The summed E-state index contributed by atoms with van der Waals surface area (Å²) in [5, 5.41) is 6.47. The summed E-state index contributed by atoms with van der Waals surface area (Å²) < 4.78 is 16.1. The van der Waals surface area contributed by atoms with Crippen molar-refractivity contribution in [2.45, 2.75) is 20.4 Å².